The number of halogens is 4. The minimum atomic E-state index is -1.21. The number of rotatable bonds is 12. The van der Waals surface area contributed by atoms with Crippen molar-refractivity contribution in [1.82, 2.24) is 10.6 Å². The fourth-order valence-electron chi connectivity index (χ4n) is 5.38. The van der Waals surface area contributed by atoms with Crippen LogP contribution in [0.15, 0.2) is 76.2 Å². The first kappa shape index (κ1) is 36.6. The van der Waals surface area contributed by atoms with Crippen LogP contribution in [0, 0.1) is 0 Å². The van der Waals surface area contributed by atoms with Crippen LogP contribution in [0.1, 0.15) is 24.8 Å². The predicted molar refractivity (Wildman–Crippen MR) is 190 cm³/mol. The zero-order valence-electron chi connectivity index (χ0n) is 25.7. The fourth-order valence-corrected chi connectivity index (χ4v) is 8.96. The Morgan fingerprint density at radius 3 is 1.79 bits per heavy atom. The molecule has 2 heterocycles. The summed E-state index contributed by atoms with van der Waals surface area (Å²) in [6, 6.07) is 7.51. The summed E-state index contributed by atoms with van der Waals surface area (Å²) in [6.07, 6.45) is 2.41. The van der Waals surface area contributed by atoms with Crippen LogP contribution >= 0.6 is 63.7 Å². The molecule has 4 atom stereocenters. The Balaban J connectivity index is 0.985. The fraction of sp³-hybridized carbons (Fsp3) is 0.419. The molecular weight excluding hydrogens is 892 g/mol. The molecule has 0 fully saturated rings. The van der Waals surface area contributed by atoms with Gasteiger partial charge in [-0.05, 0) is 106 Å². The number of allylic oxidation sites excluding steroid dienone is 2. The third kappa shape index (κ3) is 7.55. The molecule has 5 rings (SSSR count). The molecule has 2 aliphatic carbocycles. The molecule has 2 amide bonds. The van der Waals surface area contributed by atoms with Crippen LogP contribution in [0.25, 0.3) is 0 Å². The molecule has 0 radical (unpaired) electrons. The van der Waals surface area contributed by atoms with Crippen molar-refractivity contribution in [3.05, 3.63) is 71.4 Å². The number of hydrogen-bond donors (Lipinski definition) is 4. The Morgan fingerprint density at radius 1 is 0.833 bits per heavy atom. The van der Waals surface area contributed by atoms with Crippen molar-refractivity contribution < 1.29 is 43.7 Å². The lowest BCUT2D eigenvalue weighted by atomic mass is 9.87. The Hall–Kier alpha value is -2.70. The maximum atomic E-state index is 12.8. The number of methoxy groups -OCH3 is 2. The molecule has 4 aliphatic rings. The second-order valence-corrected chi connectivity index (χ2v) is 14.6. The van der Waals surface area contributed by atoms with E-state index in [1.807, 2.05) is 24.3 Å². The zero-order chi connectivity index (χ0) is 34.6. The number of benzene rings is 1. The highest BCUT2D eigenvalue weighted by Crippen LogP contribution is 2.45. The van der Waals surface area contributed by atoms with Crippen molar-refractivity contribution in [3.63, 3.8) is 0 Å². The van der Waals surface area contributed by atoms with E-state index in [0.717, 1.165) is 5.56 Å². The summed E-state index contributed by atoms with van der Waals surface area (Å²) in [4.78, 5) is 36.5. The average Bonchev–Trinajstić information content (AvgIpc) is 3.70. The smallest absolute Gasteiger partial charge is 0.269 e. The van der Waals surface area contributed by atoms with Crippen LogP contribution < -0.4 is 15.4 Å². The van der Waals surface area contributed by atoms with E-state index in [1.54, 1.807) is 12.2 Å². The number of ether oxygens (including phenoxy) is 3. The van der Waals surface area contributed by atoms with E-state index in [2.05, 4.69) is 84.7 Å². The minimum Gasteiger partial charge on any atom is -0.495 e. The molecule has 2 aliphatic heterocycles. The number of amides is 2. The van der Waals surface area contributed by atoms with Gasteiger partial charge in [0.2, 0.25) is 0 Å². The molecule has 48 heavy (non-hydrogen) atoms. The van der Waals surface area contributed by atoms with E-state index < -0.39 is 23.4 Å². The van der Waals surface area contributed by atoms with Gasteiger partial charge >= 0.3 is 0 Å². The highest BCUT2D eigenvalue weighted by molar-refractivity contribution is 9.12. The second kappa shape index (κ2) is 15.5. The van der Waals surface area contributed by atoms with E-state index in [1.165, 1.54) is 14.2 Å². The van der Waals surface area contributed by atoms with Gasteiger partial charge in [0.1, 0.15) is 40.9 Å². The Bertz CT molecular complexity index is 1640. The highest BCUT2D eigenvalue weighted by atomic mass is 79.9. The molecular formula is C31H32Br4N4O9. The molecule has 0 aromatic heterocycles. The van der Waals surface area contributed by atoms with Gasteiger partial charge in [-0.2, -0.15) is 0 Å². The first-order chi connectivity index (χ1) is 22.9. The highest BCUT2D eigenvalue weighted by Gasteiger charge is 2.51. The van der Waals surface area contributed by atoms with E-state index in [9.17, 15) is 19.8 Å². The monoisotopic (exact) mass is 920 g/mol. The average molecular weight is 924 g/mol. The standard InChI is InChI=1S/C31H32Br4N4O9/c1-44-24-18(32)12-30(26(40)22(24)34)14-20(38-47-30)28(42)36-9-3-11-46-17-6-4-16(5-7-17)8-10-37-29(43)21-15-31(48-39-21)13-19(33)25(45-2)23(35)27(31)41/h4-7,12-13,26-27,40-41H,3,8-11,14-15H2,1-2H3,(H,36,42)(H,37,43)/t26-,27-,30+,31+/m0/s1. The third-order valence-electron chi connectivity index (χ3n) is 7.99. The van der Waals surface area contributed by atoms with Crippen LogP contribution in [0.3, 0.4) is 0 Å². The number of nitrogens with zero attached hydrogens (tertiary/aromatic N) is 2. The van der Waals surface area contributed by atoms with Crippen molar-refractivity contribution in [2.45, 2.75) is 49.1 Å². The summed E-state index contributed by atoms with van der Waals surface area (Å²) < 4.78 is 18.3. The van der Waals surface area contributed by atoms with Gasteiger partial charge in [0.15, 0.2) is 11.2 Å². The number of aliphatic hydroxyl groups excluding tert-OH is 2. The van der Waals surface area contributed by atoms with E-state index in [4.69, 9.17) is 23.9 Å². The molecule has 13 nitrogen and oxygen atoms in total. The van der Waals surface area contributed by atoms with Gasteiger partial charge in [-0.3, -0.25) is 9.59 Å². The quantitative estimate of drug-likeness (QED) is 0.226. The van der Waals surface area contributed by atoms with Gasteiger partial charge in [-0.25, -0.2) is 0 Å². The van der Waals surface area contributed by atoms with Gasteiger partial charge in [0, 0.05) is 25.9 Å². The maximum absolute atomic E-state index is 12.8. The number of carbonyl (C=O) groups is 2. The van der Waals surface area contributed by atoms with Gasteiger partial charge in [-0.15, -0.1) is 0 Å². The summed E-state index contributed by atoms with van der Waals surface area (Å²) in [5, 5.41) is 35.1. The molecule has 2 spiro atoms. The Labute approximate surface area is 310 Å². The molecule has 0 bridgehead atoms. The van der Waals surface area contributed by atoms with Crippen molar-refractivity contribution in [2.75, 3.05) is 33.9 Å². The number of carbonyl (C=O) groups excluding carboxylic acids is 2. The summed E-state index contributed by atoms with van der Waals surface area (Å²) in [5.41, 5.74) is -1.07. The minimum absolute atomic E-state index is 0.0868. The molecule has 1 aromatic carbocycles. The number of aliphatic hydroxyl groups is 2. The molecule has 4 N–H and O–H groups in total. The second-order valence-electron chi connectivity index (χ2n) is 11.2. The maximum Gasteiger partial charge on any atom is 0.269 e. The topological polar surface area (TPSA) is 170 Å². The number of hydrogen-bond acceptors (Lipinski definition) is 11. The largest absolute Gasteiger partial charge is 0.495 e. The first-order valence-corrected chi connectivity index (χ1v) is 17.9. The first-order valence-electron chi connectivity index (χ1n) is 14.7. The van der Waals surface area contributed by atoms with Gasteiger partial charge in [0.25, 0.3) is 11.8 Å². The molecule has 0 saturated carbocycles. The lowest BCUT2D eigenvalue weighted by Crippen LogP contribution is -2.45. The molecule has 1 aromatic rings. The Morgan fingerprint density at radius 2 is 1.31 bits per heavy atom. The predicted octanol–water partition coefficient (Wildman–Crippen LogP) is 4.07. The van der Waals surface area contributed by atoms with Crippen LogP contribution in [0.5, 0.6) is 5.75 Å². The third-order valence-corrected chi connectivity index (χ3v) is 10.8. The summed E-state index contributed by atoms with van der Waals surface area (Å²) in [6.45, 7) is 1.10. The van der Waals surface area contributed by atoms with Gasteiger partial charge in [-0.1, -0.05) is 22.4 Å². The van der Waals surface area contributed by atoms with Gasteiger partial charge < -0.3 is 44.7 Å². The van der Waals surface area contributed by atoms with Crippen LogP contribution in [0.2, 0.25) is 0 Å². The lowest BCUT2D eigenvalue weighted by Gasteiger charge is -2.33. The summed E-state index contributed by atoms with van der Waals surface area (Å²) in [7, 11) is 2.98. The van der Waals surface area contributed by atoms with E-state index in [-0.39, 0.29) is 36.1 Å². The molecule has 258 valence electrons. The Kier molecular flexibility index (Phi) is 11.8. The summed E-state index contributed by atoms with van der Waals surface area (Å²) in [5.74, 6) is 0.801. The lowest BCUT2D eigenvalue weighted by molar-refractivity contribution is -0.115. The van der Waals surface area contributed by atoms with Crippen molar-refractivity contribution in [3.8, 4) is 5.75 Å². The van der Waals surface area contributed by atoms with Crippen molar-refractivity contribution >= 4 is 87.0 Å². The molecule has 0 saturated heterocycles. The molecule has 17 heteroatoms. The van der Waals surface area contributed by atoms with E-state index in [0.29, 0.717) is 67.7 Å². The van der Waals surface area contributed by atoms with Crippen molar-refractivity contribution in [1.29, 1.82) is 0 Å². The number of nitrogens with one attached hydrogen (secondary N) is 2. The number of oxime groups is 2. The zero-order valence-corrected chi connectivity index (χ0v) is 32.1. The SMILES string of the molecule is COC1=C(Br)[C@H](O)[C@@]2(C=C1Br)CC(C(=O)NCCCOc1ccc(CCNC(=O)C3=NO[C@]4(C=C(Br)C(OC)=C(Br)[C@@H]4O)C3)cc1)=NO2. The van der Waals surface area contributed by atoms with Crippen molar-refractivity contribution in [2.24, 2.45) is 10.3 Å². The van der Waals surface area contributed by atoms with Gasteiger partial charge in [0.05, 0.1) is 38.8 Å². The van der Waals surface area contributed by atoms with Crippen LogP contribution in [-0.2, 0) is 35.2 Å². The normalized spacial score (nSPS) is 26.3. The molecule has 0 unspecified atom stereocenters. The van der Waals surface area contributed by atoms with Crippen LogP contribution in [0.4, 0.5) is 0 Å². The van der Waals surface area contributed by atoms with Crippen LogP contribution in [-0.4, -0.2) is 90.8 Å². The summed E-state index contributed by atoms with van der Waals surface area (Å²) >= 11 is 13.5. The van der Waals surface area contributed by atoms with E-state index >= 15 is 0 Å².